The van der Waals surface area contributed by atoms with Gasteiger partial charge in [0.2, 0.25) is 0 Å². The number of hydrogen-bond acceptors (Lipinski definition) is 4. The smallest absolute Gasteiger partial charge is 0.169 e. The summed E-state index contributed by atoms with van der Waals surface area (Å²) in [6, 6.07) is 12.8. The summed E-state index contributed by atoms with van der Waals surface area (Å²) >= 11 is 6.01. The minimum absolute atomic E-state index is 0.0287. The van der Waals surface area contributed by atoms with Crippen molar-refractivity contribution >= 4 is 17.4 Å². The van der Waals surface area contributed by atoms with Gasteiger partial charge in [-0.05, 0) is 35.9 Å². The molecule has 26 heavy (non-hydrogen) atoms. The monoisotopic (exact) mass is 370 g/mol. The van der Waals surface area contributed by atoms with Crippen LogP contribution in [0.5, 0.6) is 11.5 Å². The fourth-order valence-corrected chi connectivity index (χ4v) is 2.92. The molecule has 0 unspecified atom stereocenters. The normalized spacial score (nSPS) is 10.6. The van der Waals surface area contributed by atoms with Crippen molar-refractivity contribution < 1.29 is 14.3 Å². The van der Waals surface area contributed by atoms with Crippen molar-refractivity contribution in [1.82, 2.24) is 9.55 Å². The van der Waals surface area contributed by atoms with E-state index in [0.29, 0.717) is 34.3 Å². The van der Waals surface area contributed by atoms with Crippen LogP contribution in [0.4, 0.5) is 0 Å². The molecule has 3 rings (SSSR count). The number of halogens is 1. The first-order valence-corrected chi connectivity index (χ1v) is 8.47. The Labute approximate surface area is 157 Å². The third-order valence-corrected chi connectivity index (χ3v) is 4.22. The van der Waals surface area contributed by atoms with Crippen molar-refractivity contribution in [2.45, 2.75) is 13.0 Å². The molecule has 0 aliphatic heterocycles. The number of hydrogen-bond donors (Lipinski definition) is 0. The fourth-order valence-electron chi connectivity index (χ4n) is 2.71. The molecule has 0 aliphatic carbocycles. The molecule has 0 spiro atoms. The summed E-state index contributed by atoms with van der Waals surface area (Å²) in [5.74, 6) is 1.10. The van der Waals surface area contributed by atoms with Crippen LogP contribution in [0.25, 0.3) is 0 Å². The van der Waals surface area contributed by atoms with Gasteiger partial charge >= 0.3 is 0 Å². The standard InChI is InChI=1S/C20H19ClN2O3/c1-25-19-7-6-15(9-20(19)26-2)18(24)10-17-12-23(13-22-17)11-14-4-3-5-16(21)8-14/h3-9,12-13H,10-11H2,1-2H3. The Bertz CT molecular complexity index is 921. The van der Waals surface area contributed by atoms with Crippen molar-refractivity contribution in [2.75, 3.05) is 14.2 Å². The van der Waals surface area contributed by atoms with Gasteiger partial charge in [-0.15, -0.1) is 0 Å². The van der Waals surface area contributed by atoms with Gasteiger partial charge in [-0.25, -0.2) is 4.98 Å². The third-order valence-electron chi connectivity index (χ3n) is 3.99. The Hall–Kier alpha value is -2.79. The maximum atomic E-state index is 12.5. The molecule has 0 N–H and O–H groups in total. The SMILES string of the molecule is COc1ccc(C(=O)Cc2cn(Cc3cccc(Cl)c3)cn2)cc1OC. The van der Waals surface area contributed by atoms with E-state index < -0.39 is 0 Å². The Balaban J connectivity index is 1.69. The minimum Gasteiger partial charge on any atom is -0.493 e. The number of Topliss-reactive ketones (excluding diaryl/α,β-unsaturated/α-hetero) is 1. The molecule has 0 atom stereocenters. The highest BCUT2D eigenvalue weighted by molar-refractivity contribution is 6.30. The van der Waals surface area contributed by atoms with Gasteiger partial charge in [0, 0.05) is 23.3 Å². The van der Waals surface area contributed by atoms with E-state index in [1.54, 1.807) is 38.7 Å². The maximum absolute atomic E-state index is 12.5. The molecule has 0 fully saturated rings. The second-order valence-corrected chi connectivity index (χ2v) is 6.27. The van der Waals surface area contributed by atoms with E-state index in [1.165, 1.54) is 0 Å². The maximum Gasteiger partial charge on any atom is 0.169 e. The number of ether oxygens (including phenoxy) is 2. The van der Waals surface area contributed by atoms with E-state index in [0.717, 1.165) is 5.56 Å². The fraction of sp³-hybridized carbons (Fsp3) is 0.200. The zero-order valence-corrected chi connectivity index (χ0v) is 15.4. The molecule has 0 bridgehead atoms. The highest BCUT2D eigenvalue weighted by Crippen LogP contribution is 2.28. The van der Waals surface area contributed by atoms with E-state index in [2.05, 4.69) is 4.98 Å². The van der Waals surface area contributed by atoms with Crippen LogP contribution in [-0.2, 0) is 13.0 Å². The average Bonchev–Trinajstić information content (AvgIpc) is 3.07. The quantitative estimate of drug-likeness (QED) is 0.589. The molecule has 0 aliphatic rings. The van der Waals surface area contributed by atoms with Crippen molar-refractivity contribution in [3.63, 3.8) is 0 Å². The molecule has 134 valence electrons. The summed E-state index contributed by atoms with van der Waals surface area (Å²) in [5.41, 5.74) is 2.35. The number of imidazole rings is 1. The highest BCUT2D eigenvalue weighted by Gasteiger charge is 2.13. The number of carbonyl (C=O) groups excluding carboxylic acids is 1. The number of rotatable bonds is 7. The number of nitrogens with zero attached hydrogens (tertiary/aromatic N) is 2. The molecule has 3 aromatic rings. The van der Waals surface area contributed by atoms with E-state index in [4.69, 9.17) is 21.1 Å². The first-order valence-electron chi connectivity index (χ1n) is 8.09. The van der Waals surface area contributed by atoms with E-state index in [-0.39, 0.29) is 12.2 Å². The highest BCUT2D eigenvalue weighted by atomic mass is 35.5. The summed E-state index contributed by atoms with van der Waals surface area (Å²) in [6.07, 6.45) is 3.82. The molecular weight excluding hydrogens is 352 g/mol. The Kier molecular flexibility index (Phi) is 5.58. The lowest BCUT2D eigenvalue weighted by molar-refractivity contribution is 0.0991. The Morgan fingerprint density at radius 1 is 1.12 bits per heavy atom. The van der Waals surface area contributed by atoms with Gasteiger partial charge < -0.3 is 14.0 Å². The van der Waals surface area contributed by atoms with Crippen LogP contribution < -0.4 is 9.47 Å². The average molecular weight is 371 g/mol. The summed E-state index contributed by atoms with van der Waals surface area (Å²) in [6.45, 7) is 0.651. The topological polar surface area (TPSA) is 53.4 Å². The van der Waals surface area contributed by atoms with E-state index in [9.17, 15) is 4.79 Å². The van der Waals surface area contributed by atoms with Gasteiger partial charge in [0.1, 0.15) is 0 Å². The van der Waals surface area contributed by atoms with Crippen LogP contribution in [0.2, 0.25) is 5.02 Å². The van der Waals surface area contributed by atoms with E-state index >= 15 is 0 Å². The van der Waals surface area contributed by atoms with Crippen LogP contribution in [0.1, 0.15) is 21.6 Å². The Morgan fingerprint density at radius 2 is 1.92 bits per heavy atom. The number of ketones is 1. The van der Waals surface area contributed by atoms with Gasteiger partial charge in [0.25, 0.3) is 0 Å². The molecule has 1 heterocycles. The predicted octanol–water partition coefficient (Wildman–Crippen LogP) is 4.03. The lowest BCUT2D eigenvalue weighted by atomic mass is 10.1. The van der Waals surface area contributed by atoms with Crippen LogP contribution in [0.15, 0.2) is 55.0 Å². The van der Waals surface area contributed by atoms with Crippen LogP contribution in [0, 0.1) is 0 Å². The second-order valence-electron chi connectivity index (χ2n) is 5.84. The van der Waals surface area contributed by atoms with Gasteiger partial charge in [-0.2, -0.15) is 0 Å². The zero-order valence-electron chi connectivity index (χ0n) is 14.6. The van der Waals surface area contributed by atoms with Gasteiger partial charge in [-0.1, -0.05) is 23.7 Å². The molecule has 0 saturated heterocycles. The third kappa shape index (κ3) is 4.24. The van der Waals surface area contributed by atoms with Crippen molar-refractivity contribution in [1.29, 1.82) is 0 Å². The molecule has 0 saturated carbocycles. The second kappa shape index (κ2) is 8.06. The summed E-state index contributed by atoms with van der Waals surface area (Å²) in [4.78, 5) is 16.9. The first-order chi connectivity index (χ1) is 12.6. The molecule has 5 nitrogen and oxygen atoms in total. The molecule has 2 aromatic carbocycles. The summed E-state index contributed by atoms with van der Waals surface area (Å²) in [7, 11) is 3.11. The molecule has 1 aromatic heterocycles. The van der Waals surface area contributed by atoms with Gasteiger partial charge in [0.05, 0.1) is 32.7 Å². The van der Waals surface area contributed by atoms with Crippen molar-refractivity contribution in [3.8, 4) is 11.5 Å². The lowest BCUT2D eigenvalue weighted by Gasteiger charge is -2.08. The van der Waals surface area contributed by atoms with Crippen LogP contribution in [-0.4, -0.2) is 29.6 Å². The summed E-state index contributed by atoms with van der Waals surface area (Å²) in [5, 5.41) is 0.700. The predicted molar refractivity (Wildman–Crippen MR) is 100 cm³/mol. The van der Waals surface area contributed by atoms with Crippen molar-refractivity contribution in [2.24, 2.45) is 0 Å². The zero-order chi connectivity index (χ0) is 18.5. The number of methoxy groups -OCH3 is 2. The van der Waals surface area contributed by atoms with E-state index in [1.807, 2.05) is 35.0 Å². The molecular formula is C20H19ClN2O3. The number of benzene rings is 2. The van der Waals surface area contributed by atoms with Crippen LogP contribution >= 0.6 is 11.6 Å². The Morgan fingerprint density at radius 3 is 2.65 bits per heavy atom. The lowest BCUT2D eigenvalue weighted by Crippen LogP contribution is -2.05. The van der Waals surface area contributed by atoms with Crippen molar-refractivity contribution in [3.05, 3.63) is 76.8 Å². The number of carbonyl (C=O) groups is 1. The number of aromatic nitrogens is 2. The van der Waals surface area contributed by atoms with Crippen LogP contribution in [0.3, 0.4) is 0 Å². The first kappa shape index (κ1) is 18.0. The van der Waals surface area contributed by atoms with Gasteiger partial charge in [-0.3, -0.25) is 4.79 Å². The molecule has 0 amide bonds. The molecule has 6 heteroatoms. The van der Waals surface area contributed by atoms with Gasteiger partial charge in [0.15, 0.2) is 17.3 Å². The molecule has 0 radical (unpaired) electrons. The summed E-state index contributed by atoms with van der Waals surface area (Å²) < 4.78 is 12.4. The minimum atomic E-state index is -0.0287. The largest absolute Gasteiger partial charge is 0.493 e.